The number of hydrogen-bond donors (Lipinski definition) is 0. The molecule has 33 heavy (non-hydrogen) atoms. The van der Waals surface area contributed by atoms with E-state index in [0.717, 1.165) is 63.3 Å². The van der Waals surface area contributed by atoms with Gasteiger partial charge in [-0.05, 0) is 56.7 Å². The molecule has 0 aliphatic carbocycles. The Balaban J connectivity index is 1.31. The van der Waals surface area contributed by atoms with Crippen LogP contribution in [0.2, 0.25) is 10.0 Å². The Kier molecular flexibility index (Phi) is 6.61. The molecule has 9 heteroatoms. The number of fused-ring (bicyclic) bond motifs is 1. The quantitative estimate of drug-likeness (QED) is 0.643. The zero-order valence-electron chi connectivity index (χ0n) is 18.7. The van der Waals surface area contributed by atoms with E-state index < -0.39 is 6.04 Å². The third-order valence-corrected chi connectivity index (χ3v) is 7.58. The molecule has 2 aromatic rings. The van der Waals surface area contributed by atoms with E-state index in [9.17, 15) is 9.59 Å². The second-order valence-corrected chi connectivity index (χ2v) is 10.2. The first-order valence-electron chi connectivity index (χ1n) is 12.0. The Morgan fingerprint density at radius 1 is 0.879 bits per heavy atom. The molecule has 0 spiro atoms. The van der Waals surface area contributed by atoms with Gasteiger partial charge in [-0.1, -0.05) is 29.6 Å². The fraction of sp³-hybridized carbons (Fsp3) is 0.583. The molecule has 2 fully saturated rings. The van der Waals surface area contributed by atoms with Gasteiger partial charge in [-0.25, -0.2) is 0 Å². The first kappa shape index (κ1) is 22.7. The van der Waals surface area contributed by atoms with Crippen LogP contribution in [0.4, 0.5) is 0 Å². The standard InChI is InChI=1S/C24H29Cl2N5O2/c25-18-12-17(13-19(26)14-18)23(32)30-11-5-7-20(30)24(33)29-9-4-6-16(15-29)22-28-27-21-8-2-1-3-10-31(21)22/h12-14,16,20H,1-11,15H2. The van der Waals surface area contributed by atoms with Crippen molar-refractivity contribution in [3.05, 3.63) is 45.5 Å². The summed E-state index contributed by atoms with van der Waals surface area (Å²) in [6.07, 6.45) is 7.96. The van der Waals surface area contributed by atoms with Gasteiger partial charge in [0.25, 0.3) is 5.91 Å². The normalized spacial score (nSPS) is 23.3. The highest BCUT2D eigenvalue weighted by atomic mass is 35.5. The van der Waals surface area contributed by atoms with Crippen molar-refractivity contribution in [2.75, 3.05) is 19.6 Å². The summed E-state index contributed by atoms with van der Waals surface area (Å²) in [6, 6.07) is 4.39. The molecule has 7 nitrogen and oxygen atoms in total. The summed E-state index contributed by atoms with van der Waals surface area (Å²) in [7, 11) is 0. The predicted molar refractivity (Wildman–Crippen MR) is 127 cm³/mol. The van der Waals surface area contributed by atoms with E-state index in [-0.39, 0.29) is 17.7 Å². The molecule has 0 radical (unpaired) electrons. The highest BCUT2D eigenvalue weighted by Gasteiger charge is 2.39. The number of carbonyl (C=O) groups excluding carboxylic acids is 2. The fourth-order valence-electron chi connectivity index (χ4n) is 5.52. The van der Waals surface area contributed by atoms with Crippen LogP contribution in [-0.2, 0) is 17.8 Å². The maximum absolute atomic E-state index is 13.6. The maximum Gasteiger partial charge on any atom is 0.254 e. The van der Waals surface area contributed by atoms with Crippen LogP contribution < -0.4 is 0 Å². The van der Waals surface area contributed by atoms with Gasteiger partial charge in [0.15, 0.2) is 0 Å². The summed E-state index contributed by atoms with van der Waals surface area (Å²) < 4.78 is 2.29. The maximum atomic E-state index is 13.6. The molecule has 2 amide bonds. The zero-order valence-corrected chi connectivity index (χ0v) is 20.2. The summed E-state index contributed by atoms with van der Waals surface area (Å²) in [5.74, 6) is 2.15. The lowest BCUT2D eigenvalue weighted by molar-refractivity contribution is -0.136. The number of aromatic nitrogens is 3. The number of hydrogen-bond acceptors (Lipinski definition) is 4. The number of carbonyl (C=O) groups is 2. The minimum absolute atomic E-state index is 0.0364. The van der Waals surface area contributed by atoms with Gasteiger partial charge in [0, 0.05) is 54.1 Å². The van der Waals surface area contributed by atoms with Gasteiger partial charge in [-0.3, -0.25) is 9.59 Å². The highest BCUT2D eigenvalue weighted by molar-refractivity contribution is 6.35. The van der Waals surface area contributed by atoms with E-state index in [2.05, 4.69) is 14.8 Å². The molecular weight excluding hydrogens is 461 g/mol. The van der Waals surface area contributed by atoms with Crippen molar-refractivity contribution < 1.29 is 9.59 Å². The third kappa shape index (κ3) is 4.62. The van der Waals surface area contributed by atoms with Crippen LogP contribution in [0.1, 0.15) is 72.9 Å². The first-order valence-corrected chi connectivity index (χ1v) is 12.7. The van der Waals surface area contributed by atoms with Crippen LogP contribution in [0.5, 0.6) is 0 Å². The van der Waals surface area contributed by atoms with Crippen molar-refractivity contribution in [3.8, 4) is 0 Å². The number of piperidine rings is 1. The van der Waals surface area contributed by atoms with Crippen LogP contribution in [0.25, 0.3) is 0 Å². The number of rotatable bonds is 3. The lowest BCUT2D eigenvalue weighted by Crippen LogP contribution is -2.50. The van der Waals surface area contributed by atoms with Crippen LogP contribution in [0.3, 0.4) is 0 Å². The first-order chi connectivity index (χ1) is 16.0. The molecule has 0 saturated carbocycles. The summed E-state index contributed by atoms with van der Waals surface area (Å²) in [6.45, 7) is 2.89. The molecule has 3 aliphatic heterocycles. The number of amides is 2. The van der Waals surface area contributed by atoms with Gasteiger partial charge in [0.2, 0.25) is 5.91 Å². The molecule has 2 atom stereocenters. The Hall–Kier alpha value is -2.12. The largest absolute Gasteiger partial charge is 0.340 e. The van der Waals surface area contributed by atoms with Crippen LogP contribution in [-0.4, -0.2) is 62.1 Å². The predicted octanol–water partition coefficient (Wildman–Crippen LogP) is 4.32. The SMILES string of the molecule is O=C(C1CCCN1C(=O)c1cc(Cl)cc(Cl)c1)N1CCCC(c2nnc3n2CCCCC3)C1. The van der Waals surface area contributed by atoms with Gasteiger partial charge < -0.3 is 14.4 Å². The van der Waals surface area contributed by atoms with Crippen LogP contribution in [0, 0.1) is 0 Å². The van der Waals surface area contributed by atoms with Crippen LogP contribution in [0.15, 0.2) is 18.2 Å². The summed E-state index contributed by atoms with van der Waals surface area (Å²) in [5.41, 5.74) is 0.426. The lowest BCUT2D eigenvalue weighted by Gasteiger charge is -2.36. The molecule has 5 rings (SSSR count). The fourth-order valence-corrected chi connectivity index (χ4v) is 6.04. The lowest BCUT2D eigenvalue weighted by atomic mass is 9.96. The molecular formula is C24H29Cl2N5O2. The van der Waals surface area contributed by atoms with Gasteiger partial charge in [0.05, 0.1) is 0 Å². The highest BCUT2D eigenvalue weighted by Crippen LogP contribution is 2.31. The monoisotopic (exact) mass is 489 g/mol. The number of nitrogens with zero attached hydrogens (tertiary/aromatic N) is 5. The summed E-state index contributed by atoms with van der Waals surface area (Å²) in [5, 5.41) is 9.83. The minimum Gasteiger partial charge on any atom is -0.340 e. The Bertz CT molecular complexity index is 1040. The third-order valence-electron chi connectivity index (χ3n) is 7.14. The molecule has 0 bridgehead atoms. The number of halogens is 2. The number of aryl methyl sites for hydroxylation is 1. The zero-order chi connectivity index (χ0) is 22.9. The van der Waals surface area contributed by atoms with Crippen molar-refractivity contribution >= 4 is 35.0 Å². The van der Waals surface area contributed by atoms with Gasteiger partial charge in [-0.2, -0.15) is 0 Å². The molecule has 3 aliphatic rings. The Morgan fingerprint density at radius 3 is 2.48 bits per heavy atom. The van der Waals surface area contributed by atoms with E-state index in [1.54, 1.807) is 23.1 Å². The molecule has 1 aromatic carbocycles. The topological polar surface area (TPSA) is 71.3 Å². The van der Waals surface area contributed by atoms with Crippen molar-refractivity contribution in [1.82, 2.24) is 24.6 Å². The van der Waals surface area contributed by atoms with E-state index >= 15 is 0 Å². The van der Waals surface area contributed by atoms with Crippen molar-refractivity contribution in [2.24, 2.45) is 0 Å². The molecule has 1 aromatic heterocycles. The second-order valence-electron chi connectivity index (χ2n) is 9.37. The van der Waals surface area contributed by atoms with Gasteiger partial charge in [0.1, 0.15) is 17.7 Å². The van der Waals surface area contributed by atoms with Gasteiger partial charge in [-0.15, -0.1) is 10.2 Å². The second kappa shape index (κ2) is 9.63. The number of likely N-dealkylation sites (tertiary alicyclic amines) is 2. The molecule has 176 valence electrons. The van der Waals surface area contributed by atoms with E-state index in [1.165, 1.54) is 6.42 Å². The van der Waals surface area contributed by atoms with E-state index in [4.69, 9.17) is 23.2 Å². The van der Waals surface area contributed by atoms with E-state index in [0.29, 0.717) is 35.1 Å². The average molecular weight is 490 g/mol. The molecule has 2 unspecified atom stereocenters. The minimum atomic E-state index is -0.440. The average Bonchev–Trinajstić information content (AvgIpc) is 3.39. The molecule has 2 saturated heterocycles. The summed E-state index contributed by atoms with van der Waals surface area (Å²) >= 11 is 12.2. The van der Waals surface area contributed by atoms with Crippen molar-refractivity contribution in [1.29, 1.82) is 0 Å². The Morgan fingerprint density at radius 2 is 1.67 bits per heavy atom. The Labute approximate surface area is 204 Å². The molecule has 4 heterocycles. The van der Waals surface area contributed by atoms with Crippen molar-refractivity contribution in [2.45, 2.75) is 69.9 Å². The molecule has 0 N–H and O–H groups in total. The van der Waals surface area contributed by atoms with E-state index in [1.807, 2.05) is 4.90 Å². The van der Waals surface area contributed by atoms with Gasteiger partial charge >= 0.3 is 0 Å². The summed E-state index contributed by atoms with van der Waals surface area (Å²) in [4.78, 5) is 30.4. The smallest absolute Gasteiger partial charge is 0.254 e. The number of benzene rings is 1. The van der Waals surface area contributed by atoms with Crippen molar-refractivity contribution in [3.63, 3.8) is 0 Å². The van der Waals surface area contributed by atoms with Crippen LogP contribution >= 0.6 is 23.2 Å².